The van der Waals surface area contributed by atoms with Gasteiger partial charge >= 0.3 is 0 Å². The van der Waals surface area contributed by atoms with Crippen molar-refractivity contribution >= 4 is 29.0 Å². The third-order valence-electron chi connectivity index (χ3n) is 6.80. The van der Waals surface area contributed by atoms with E-state index in [-0.39, 0.29) is 11.9 Å². The van der Waals surface area contributed by atoms with Crippen molar-refractivity contribution in [2.45, 2.75) is 38.5 Å². The van der Waals surface area contributed by atoms with Crippen LogP contribution in [0.15, 0.2) is 43.0 Å². The normalized spacial score (nSPS) is 17.5. The monoisotopic (exact) mass is 518 g/mol. The number of amides is 1. The number of likely N-dealkylation sites (tertiary alicyclic amines) is 1. The summed E-state index contributed by atoms with van der Waals surface area (Å²) in [5.74, 6) is 7.32. The molecule has 8 nitrogen and oxygen atoms in total. The highest BCUT2D eigenvalue weighted by atomic mass is 19.1. The molecule has 0 aliphatic carbocycles. The number of carbonyl (C=O) groups is 1. The van der Waals surface area contributed by atoms with Crippen LogP contribution in [0.3, 0.4) is 0 Å². The van der Waals surface area contributed by atoms with E-state index >= 15 is 0 Å². The molecular weight excluding hydrogens is 483 g/mol. The summed E-state index contributed by atoms with van der Waals surface area (Å²) in [6.45, 7) is 9.76. The fourth-order valence-electron chi connectivity index (χ4n) is 4.63. The van der Waals surface area contributed by atoms with E-state index in [0.29, 0.717) is 36.1 Å². The van der Waals surface area contributed by atoms with Crippen molar-refractivity contribution in [2.75, 3.05) is 44.4 Å². The average Bonchev–Trinajstić information content (AvgIpc) is 3.29. The van der Waals surface area contributed by atoms with E-state index in [0.717, 1.165) is 35.6 Å². The Hall–Kier alpha value is -4.03. The minimum Gasteiger partial charge on any atom is -0.495 e. The highest BCUT2D eigenvalue weighted by Gasteiger charge is 2.30. The van der Waals surface area contributed by atoms with Gasteiger partial charge in [0.1, 0.15) is 23.4 Å². The van der Waals surface area contributed by atoms with Gasteiger partial charge in [-0.2, -0.15) is 5.10 Å². The predicted molar refractivity (Wildman–Crippen MR) is 151 cm³/mol. The van der Waals surface area contributed by atoms with Crippen LogP contribution in [0, 0.1) is 11.8 Å². The molecule has 0 spiro atoms. The molecular formula is C29H35FN6O2. The van der Waals surface area contributed by atoms with Gasteiger partial charge in [0.05, 0.1) is 30.9 Å². The Morgan fingerprint density at radius 1 is 1.34 bits per heavy atom. The molecule has 0 saturated carbocycles. The first-order chi connectivity index (χ1) is 18.4. The molecule has 1 aliphatic rings. The Morgan fingerprint density at radius 2 is 2.16 bits per heavy atom. The molecule has 2 aromatic heterocycles. The number of halogens is 1. The van der Waals surface area contributed by atoms with Crippen LogP contribution in [0.5, 0.6) is 5.75 Å². The molecule has 0 unspecified atom stereocenters. The van der Waals surface area contributed by atoms with Crippen LogP contribution < -0.4 is 20.7 Å². The SMILES string of the molecule is C=Cc1c(C#CCNc2ccc(C(=O)NC)cc2OC)nn2c(N[C@@H]3CCN(C(C)C)C[C@@H]3F)cccc12. The Labute approximate surface area is 223 Å². The largest absolute Gasteiger partial charge is 0.495 e. The lowest BCUT2D eigenvalue weighted by atomic mass is 10.0. The standard InChI is InChI=1S/C29H35FN6O2/c1-6-21-23(9-8-15-32-25-13-12-20(29(37)31-4)17-27(25)38-5)34-36-26(21)10-7-11-28(36)33-24-14-16-35(19(2)3)18-22(24)30/h6-7,10-13,17,19,22,24,32-33H,1,14-16,18H2,2-5H3,(H,31,37)/t22-,24+/m0/s1. The number of alkyl halides is 1. The molecule has 1 saturated heterocycles. The molecule has 200 valence electrons. The van der Waals surface area contributed by atoms with E-state index in [4.69, 9.17) is 9.84 Å². The fourth-order valence-corrected chi connectivity index (χ4v) is 4.63. The van der Waals surface area contributed by atoms with Crippen molar-refractivity contribution in [2.24, 2.45) is 0 Å². The quantitative estimate of drug-likeness (QED) is 0.391. The average molecular weight is 519 g/mol. The minimum atomic E-state index is -0.969. The van der Waals surface area contributed by atoms with Gasteiger partial charge in [0.25, 0.3) is 5.91 Å². The van der Waals surface area contributed by atoms with Crippen LogP contribution in [-0.2, 0) is 0 Å². The number of hydrogen-bond acceptors (Lipinski definition) is 6. The molecule has 1 aliphatic heterocycles. The summed E-state index contributed by atoms with van der Waals surface area (Å²) in [6, 6.07) is 11.0. The maximum atomic E-state index is 15.0. The first-order valence-corrected chi connectivity index (χ1v) is 12.8. The van der Waals surface area contributed by atoms with Crippen LogP contribution in [0.25, 0.3) is 11.6 Å². The zero-order chi connectivity index (χ0) is 27.2. The van der Waals surface area contributed by atoms with E-state index in [1.165, 1.54) is 0 Å². The second-order valence-electron chi connectivity index (χ2n) is 9.47. The molecule has 1 aromatic carbocycles. The van der Waals surface area contributed by atoms with Crippen LogP contribution in [0.1, 0.15) is 41.9 Å². The number of anilines is 2. The highest BCUT2D eigenvalue weighted by molar-refractivity contribution is 5.95. The lowest BCUT2D eigenvalue weighted by molar-refractivity contribution is 0.0962. The number of methoxy groups -OCH3 is 1. The van der Waals surface area contributed by atoms with Gasteiger partial charge in [0, 0.05) is 37.3 Å². The lowest BCUT2D eigenvalue weighted by Crippen LogP contribution is -2.50. The number of pyridine rings is 1. The number of fused-ring (bicyclic) bond motifs is 1. The Balaban J connectivity index is 1.50. The third-order valence-corrected chi connectivity index (χ3v) is 6.80. The van der Waals surface area contributed by atoms with E-state index in [9.17, 15) is 9.18 Å². The van der Waals surface area contributed by atoms with Crippen molar-refractivity contribution in [3.63, 3.8) is 0 Å². The fraction of sp³-hybridized carbons (Fsp3) is 0.379. The van der Waals surface area contributed by atoms with Crippen molar-refractivity contribution < 1.29 is 13.9 Å². The second kappa shape index (κ2) is 12.0. The molecule has 1 fully saturated rings. The second-order valence-corrected chi connectivity index (χ2v) is 9.47. The number of rotatable bonds is 8. The summed E-state index contributed by atoms with van der Waals surface area (Å²) >= 11 is 0. The summed E-state index contributed by atoms with van der Waals surface area (Å²) < 4.78 is 22.2. The maximum Gasteiger partial charge on any atom is 0.251 e. The summed E-state index contributed by atoms with van der Waals surface area (Å²) in [4.78, 5) is 14.0. The molecule has 0 radical (unpaired) electrons. The van der Waals surface area contributed by atoms with Gasteiger partial charge in [-0.05, 0) is 56.5 Å². The maximum absolute atomic E-state index is 15.0. The molecule has 3 N–H and O–H groups in total. The zero-order valence-corrected chi connectivity index (χ0v) is 22.3. The van der Waals surface area contributed by atoms with Crippen LogP contribution in [-0.4, -0.2) is 72.5 Å². The summed E-state index contributed by atoms with van der Waals surface area (Å²) in [5, 5.41) is 13.9. The van der Waals surface area contributed by atoms with Gasteiger partial charge in [0.15, 0.2) is 0 Å². The molecule has 4 rings (SSSR count). The van der Waals surface area contributed by atoms with Gasteiger partial charge in [-0.15, -0.1) is 0 Å². The van der Waals surface area contributed by atoms with Crippen LogP contribution in [0.2, 0.25) is 0 Å². The number of nitrogens with zero attached hydrogens (tertiary/aromatic N) is 3. The van der Waals surface area contributed by atoms with Crippen molar-refractivity contribution in [3.05, 3.63) is 59.8 Å². The van der Waals surface area contributed by atoms with Gasteiger partial charge < -0.3 is 20.7 Å². The molecule has 2 atom stereocenters. The van der Waals surface area contributed by atoms with E-state index in [2.05, 4.69) is 53.1 Å². The Bertz CT molecular complexity index is 1370. The smallest absolute Gasteiger partial charge is 0.251 e. The summed E-state index contributed by atoms with van der Waals surface area (Å²) in [7, 11) is 3.14. The van der Waals surface area contributed by atoms with Gasteiger partial charge in [-0.1, -0.05) is 24.6 Å². The third kappa shape index (κ3) is 5.76. The van der Waals surface area contributed by atoms with E-state index < -0.39 is 6.17 Å². The van der Waals surface area contributed by atoms with Crippen LogP contribution in [0.4, 0.5) is 15.9 Å². The Morgan fingerprint density at radius 3 is 2.84 bits per heavy atom. The number of hydrogen-bond donors (Lipinski definition) is 3. The molecule has 38 heavy (non-hydrogen) atoms. The van der Waals surface area contributed by atoms with Gasteiger partial charge in [0.2, 0.25) is 0 Å². The first-order valence-electron chi connectivity index (χ1n) is 12.8. The van der Waals surface area contributed by atoms with Gasteiger partial charge in [-0.3, -0.25) is 9.69 Å². The lowest BCUT2D eigenvalue weighted by Gasteiger charge is -2.37. The molecule has 9 heteroatoms. The number of ether oxygens (including phenoxy) is 1. The highest BCUT2D eigenvalue weighted by Crippen LogP contribution is 2.26. The number of aromatic nitrogens is 2. The summed E-state index contributed by atoms with van der Waals surface area (Å²) in [5.41, 5.74) is 3.49. The number of nitrogens with one attached hydrogen (secondary N) is 3. The number of benzene rings is 1. The molecule has 3 heterocycles. The zero-order valence-electron chi connectivity index (χ0n) is 22.3. The minimum absolute atomic E-state index is 0.185. The molecule has 3 aromatic rings. The predicted octanol–water partition coefficient (Wildman–Crippen LogP) is 4.04. The number of piperidine rings is 1. The number of carbonyl (C=O) groups excluding carboxylic acids is 1. The topological polar surface area (TPSA) is 82.9 Å². The van der Waals surface area contributed by atoms with E-state index in [1.807, 2.05) is 18.2 Å². The van der Waals surface area contributed by atoms with Crippen LogP contribution >= 0.6 is 0 Å². The summed E-state index contributed by atoms with van der Waals surface area (Å²) in [6.07, 6.45) is 1.49. The van der Waals surface area contributed by atoms with Crippen molar-refractivity contribution in [1.82, 2.24) is 19.8 Å². The van der Waals surface area contributed by atoms with Crippen molar-refractivity contribution in [1.29, 1.82) is 0 Å². The molecule has 1 amide bonds. The van der Waals surface area contributed by atoms with Gasteiger partial charge in [-0.25, -0.2) is 8.91 Å². The molecule has 0 bridgehead atoms. The van der Waals surface area contributed by atoms with Crippen molar-refractivity contribution in [3.8, 4) is 17.6 Å². The van der Waals surface area contributed by atoms with E-state index in [1.54, 1.807) is 42.9 Å². The Kier molecular flexibility index (Phi) is 8.54. The first kappa shape index (κ1) is 27.0.